The van der Waals surface area contributed by atoms with Crippen molar-refractivity contribution in [3.8, 4) is 5.75 Å². The van der Waals surface area contributed by atoms with E-state index in [4.69, 9.17) is 27.9 Å². The van der Waals surface area contributed by atoms with E-state index in [1.807, 2.05) is 37.3 Å². The van der Waals surface area contributed by atoms with Gasteiger partial charge in [0.05, 0.1) is 16.6 Å². The SMILES string of the molecule is Cc1cc(CN(CCc2ccc(Cl)c(Cl)c2)C2(C(=O)O)CCC2)ccc1OCCN1C(=O)CCC1=O. The summed E-state index contributed by atoms with van der Waals surface area (Å²) in [6.45, 7) is 3.46. The second kappa shape index (κ2) is 11.2. The molecule has 1 aliphatic carbocycles. The molecule has 1 aliphatic heterocycles. The third kappa shape index (κ3) is 5.69. The number of carbonyl (C=O) groups is 3. The molecular formula is C27H30Cl2N2O5. The van der Waals surface area contributed by atoms with E-state index < -0.39 is 11.5 Å². The van der Waals surface area contributed by atoms with Crippen LogP contribution in [0.3, 0.4) is 0 Å². The van der Waals surface area contributed by atoms with E-state index in [1.165, 1.54) is 4.90 Å². The van der Waals surface area contributed by atoms with Crippen LogP contribution in [-0.2, 0) is 27.3 Å². The maximum absolute atomic E-state index is 12.3. The highest BCUT2D eigenvalue weighted by Gasteiger charge is 2.49. The summed E-state index contributed by atoms with van der Waals surface area (Å²) in [5.74, 6) is -0.415. The van der Waals surface area contributed by atoms with Crippen molar-refractivity contribution < 1.29 is 24.2 Å². The molecule has 2 aliphatic rings. The van der Waals surface area contributed by atoms with Crippen LogP contribution in [0.5, 0.6) is 5.75 Å². The number of aryl methyl sites for hydroxylation is 1. The van der Waals surface area contributed by atoms with Gasteiger partial charge in [-0.25, -0.2) is 0 Å². The van der Waals surface area contributed by atoms with Crippen LogP contribution in [0.2, 0.25) is 10.0 Å². The standard InChI is InChI=1S/C27H30Cl2N2O5/c1-18-15-20(4-6-23(18)36-14-13-31-24(32)7-8-25(31)33)17-30(27(26(34)35)10-2-11-27)12-9-19-3-5-21(28)22(29)16-19/h3-6,15-16H,2,7-14,17H2,1H3,(H,34,35). The summed E-state index contributed by atoms with van der Waals surface area (Å²) in [7, 11) is 0. The summed E-state index contributed by atoms with van der Waals surface area (Å²) in [6, 6.07) is 11.3. The summed E-state index contributed by atoms with van der Waals surface area (Å²) < 4.78 is 5.84. The number of carboxylic acid groups (broad SMARTS) is 1. The van der Waals surface area contributed by atoms with E-state index in [1.54, 1.807) is 6.07 Å². The molecule has 1 N–H and O–H groups in total. The van der Waals surface area contributed by atoms with Gasteiger partial charge in [0.1, 0.15) is 17.9 Å². The summed E-state index contributed by atoms with van der Waals surface area (Å²) in [4.78, 5) is 39.1. The molecule has 0 atom stereocenters. The van der Waals surface area contributed by atoms with Gasteiger partial charge in [0.15, 0.2) is 0 Å². The predicted octanol–water partition coefficient (Wildman–Crippen LogP) is 4.88. The van der Waals surface area contributed by atoms with E-state index >= 15 is 0 Å². The molecule has 0 unspecified atom stereocenters. The Hall–Kier alpha value is -2.61. The van der Waals surface area contributed by atoms with Crippen molar-refractivity contribution in [3.63, 3.8) is 0 Å². The van der Waals surface area contributed by atoms with Crippen LogP contribution in [0, 0.1) is 6.92 Å². The number of ether oxygens (including phenoxy) is 1. The molecule has 2 fully saturated rings. The number of amides is 2. The smallest absolute Gasteiger partial charge is 0.324 e. The molecule has 1 saturated carbocycles. The van der Waals surface area contributed by atoms with E-state index in [9.17, 15) is 19.5 Å². The Balaban J connectivity index is 1.43. The number of hydrogen-bond donors (Lipinski definition) is 1. The first-order valence-corrected chi connectivity index (χ1v) is 12.9. The van der Waals surface area contributed by atoms with Crippen molar-refractivity contribution in [2.75, 3.05) is 19.7 Å². The van der Waals surface area contributed by atoms with Gasteiger partial charge >= 0.3 is 5.97 Å². The first-order valence-electron chi connectivity index (χ1n) is 12.2. The highest BCUT2D eigenvalue weighted by Crippen LogP contribution is 2.39. The normalized spacial score (nSPS) is 16.9. The second-order valence-electron chi connectivity index (χ2n) is 9.50. The lowest BCUT2D eigenvalue weighted by Crippen LogP contribution is -2.59. The zero-order valence-corrected chi connectivity index (χ0v) is 21.8. The van der Waals surface area contributed by atoms with Crippen molar-refractivity contribution in [2.45, 2.75) is 57.5 Å². The first kappa shape index (κ1) is 26.5. The van der Waals surface area contributed by atoms with Crippen LogP contribution < -0.4 is 4.74 Å². The highest BCUT2D eigenvalue weighted by atomic mass is 35.5. The molecule has 36 heavy (non-hydrogen) atoms. The molecular weight excluding hydrogens is 503 g/mol. The Bertz CT molecular complexity index is 1150. The Labute approximate surface area is 220 Å². The summed E-state index contributed by atoms with van der Waals surface area (Å²) in [5.41, 5.74) is 2.04. The molecule has 7 nitrogen and oxygen atoms in total. The average Bonchev–Trinajstić information content (AvgIpc) is 3.12. The molecule has 4 rings (SSSR count). The lowest BCUT2D eigenvalue weighted by molar-refractivity contribution is -0.159. The number of imide groups is 1. The van der Waals surface area contributed by atoms with Crippen LogP contribution in [0.4, 0.5) is 0 Å². The van der Waals surface area contributed by atoms with Crippen LogP contribution in [0.25, 0.3) is 0 Å². The maximum atomic E-state index is 12.3. The minimum Gasteiger partial charge on any atom is -0.491 e. The highest BCUT2D eigenvalue weighted by molar-refractivity contribution is 6.42. The quantitative estimate of drug-likeness (QED) is 0.415. The number of aliphatic carboxylic acids is 1. The summed E-state index contributed by atoms with van der Waals surface area (Å²) in [6.07, 6.45) is 3.33. The van der Waals surface area contributed by atoms with Gasteiger partial charge < -0.3 is 9.84 Å². The number of rotatable bonds is 11. The molecule has 0 aromatic heterocycles. The van der Waals surface area contributed by atoms with Crippen LogP contribution in [-0.4, -0.2) is 57.9 Å². The fourth-order valence-corrected chi connectivity index (χ4v) is 5.21. The minimum absolute atomic E-state index is 0.153. The number of halogens is 2. The van der Waals surface area contributed by atoms with Crippen LogP contribution in [0.15, 0.2) is 36.4 Å². The lowest BCUT2D eigenvalue weighted by Gasteiger charge is -2.47. The second-order valence-corrected chi connectivity index (χ2v) is 10.3. The van der Waals surface area contributed by atoms with Gasteiger partial charge in [0.2, 0.25) is 11.8 Å². The van der Waals surface area contributed by atoms with Gasteiger partial charge in [-0.1, -0.05) is 41.4 Å². The first-order chi connectivity index (χ1) is 17.2. The number of hydrogen-bond acceptors (Lipinski definition) is 5. The number of likely N-dealkylation sites (tertiary alicyclic amines) is 1. The Morgan fingerprint density at radius 2 is 1.75 bits per heavy atom. The fraction of sp³-hybridized carbons (Fsp3) is 0.444. The topological polar surface area (TPSA) is 87.2 Å². The van der Waals surface area contributed by atoms with Crippen molar-refractivity contribution in [1.29, 1.82) is 0 Å². The van der Waals surface area contributed by atoms with E-state index in [0.29, 0.717) is 48.1 Å². The minimum atomic E-state index is -0.867. The van der Waals surface area contributed by atoms with Crippen LogP contribution in [0.1, 0.15) is 48.8 Å². The van der Waals surface area contributed by atoms with Crippen molar-refractivity contribution >= 4 is 41.0 Å². The summed E-state index contributed by atoms with van der Waals surface area (Å²) in [5, 5.41) is 11.1. The molecule has 2 amide bonds. The van der Waals surface area contributed by atoms with Crippen molar-refractivity contribution in [1.82, 2.24) is 9.80 Å². The van der Waals surface area contributed by atoms with E-state index in [0.717, 1.165) is 23.1 Å². The molecule has 0 bridgehead atoms. The third-order valence-electron chi connectivity index (χ3n) is 7.18. The van der Waals surface area contributed by atoms with Gasteiger partial charge in [-0.3, -0.25) is 24.2 Å². The van der Waals surface area contributed by atoms with Gasteiger partial charge in [-0.15, -0.1) is 0 Å². The van der Waals surface area contributed by atoms with Gasteiger partial charge in [0.25, 0.3) is 0 Å². The van der Waals surface area contributed by atoms with E-state index in [-0.39, 0.29) is 37.8 Å². The number of nitrogens with zero attached hydrogens (tertiary/aromatic N) is 2. The zero-order valence-electron chi connectivity index (χ0n) is 20.3. The maximum Gasteiger partial charge on any atom is 0.324 e. The molecule has 2 aromatic carbocycles. The molecule has 1 saturated heterocycles. The number of carboxylic acids is 1. The van der Waals surface area contributed by atoms with Crippen LogP contribution >= 0.6 is 23.2 Å². The molecule has 0 radical (unpaired) electrons. The van der Waals surface area contributed by atoms with Gasteiger partial charge in [-0.2, -0.15) is 0 Å². The van der Waals surface area contributed by atoms with Crippen molar-refractivity contribution in [2.24, 2.45) is 0 Å². The predicted molar refractivity (Wildman–Crippen MR) is 137 cm³/mol. The average molecular weight is 533 g/mol. The molecule has 9 heteroatoms. The van der Waals surface area contributed by atoms with Gasteiger partial charge in [-0.05, 0) is 67.5 Å². The fourth-order valence-electron chi connectivity index (χ4n) is 4.89. The Morgan fingerprint density at radius 1 is 1.06 bits per heavy atom. The lowest BCUT2D eigenvalue weighted by atomic mass is 9.75. The molecule has 2 aromatic rings. The van der Waals surface area contributed by atoms with E-state index in [2.05, 4.69) is 4.90 Å². The van der Waals surface area contributed by atoms with Crippen molar-refractivity contribution in [3.05, 3.63) is 63.1 Å². The number of carbonyl (C=O) groups excluding carboxylic acids is 2. The molecule has 192 valence electrons. The Morgan fingerprint density at radius 3 is 2.33 bits per heavy atom. The Kier molecular flexibility index (Phi) is 8.23. The molecule has 1 heterocycles. The number of benzene rings is 2. The third-order valence-corrected chi connectivity index (χ3v) is 7.92. The largest absolute Gasteiger partial charge is 0.491 e. The summed E-state index contributed by atoms with van der Waals surface area (Å²) >= 11 is 12.2. The monoisotopic (exact) mass is 532 g/mol. The zero-order chi connectivity index (χ0) is 25.9. The van der Waals surface area contributed by atoms with Gasteiger partial charge in [0, 0.05) is 25.9 Å². The molecule has 0 spiro atoms.